The van der Waals surface area contributed by atoms with Crippen molar-refractivity contribution >= 4 is 15.9 Å². The Hall–Kier alpha value is -1.60. The summed E-state index contributed by atoms with van der Waals surface area (Å²) >= 11 is 0. The number of rotatable bonds is 5. The number of sulfonamides is 1. The minimum absolute atomic E-state index is 0.0770. The summed E-state index contributed by atoms with van der Waals surface area (Å²) in [7, 11) is -3.77. The third kappa shape index (κ3) is 3.74. The van der Waals surface area contributed by atoms with Crippen molar-refractivity contribution in [3.8, 4) is 5.75 Å². The first-order valence-corrected chi connectivity index (χ1v) is 8.30. The third-order valence-corrected chi connectivity index (χ3v) is 4.61. The van der Waals surface area contributed by atoms with Gasteiger partial charge in [-0.25, -0.2) is 13.6 Å². The Labute approximate surface area is 124 Å². The van der Waals surface area contributed by atoms with Crippen molar-refractivity contribution in [3.05, 3.63) is 22.8 Å². The molecule has 1 fully saturated rings. The number of amides is 1. The van der Waals surface area contributed by atoms with Gasteiger partial charge in [0.05, 0.1) is 4.90 Å². The summed E-state index contributed by atoms with van der Waals surface area (Å²) in [4.78, 5) is 11.7. The van der Waals surface area contributed by atoms with Crippen LogP contribution in [0.15, 0.2) is 11.0 Å². The highest BCUT2D eigenvalue weighted by Gasteiger charge is 2.24. The topological polar surface area (TPSA) is 98.5 Å². The molecule has 0 aliphatic heterocycles. The van der Waals surface area contributed by atoms with E-state index in [0.29, 0.717) is 22.4 Å². The molecule has 1 aliphatic carbocycles. The van der Waals surface area contributed by atoms with E-state index in [1.54, 1.807) is 20.8 Å². The second-order valence-electron chi connectivity index (χ2n) is 5.45. The van der Waals surface area contributed by atoms with Crippen molar-refractivity contribution < 1.29 is 17.9 Å². The van der Waals surface area contributed by atoms with Gasteiger partial charge in [0.25, 0.3) is 5.91 Å². The van der Waals surface area contributed by atoms with Crippen LogP contribution in [0.4, 0.5) is 0 Å². The van der Waals surface area contributed by atoms with E-state index in [1.807, 2.05) is 0 Å². The lowest BCUT2D eigenvalue weighted by molar-refractivity contribution is -0.123. The minimum Gasteiger partial charge on any atom is -0.483 e. The zero-order chi connectivity index (χ0) is 15.8. The molecular formula is C14H20N2O4S. The summed E-state index contributed by atoms with van der Waals surface area (Å²) in [6.07, 6.45) is 2.04. The predicted molar refractivity (Wildman–Crippen MR) is 78.7 cm³/mol. The summed E-state index contributed by atoms with van der Waals surface area (Å²) in [5.41, 5.74) is 1.86. The van der Waals surface area contributed by atoms with Gasteiger partial charge in [-0.15, -0.1) is 0 Å². The first-order valence-electron chi connectivity index (χ1n) is 6.76. The average molecular weight is 312 g/mol. The first-order chi connectivity index (χ1) is 9.70. The summed E-state index contributed by atoms with van der Waals surface area (Å²) < 4.78 is 28.6. The lowest BCUT2D eigenvalue weighted by atomic mass is 10.1. The largest absolute Gasteiger partial charge is 0.483 e. The van der Waals surface area contributed by atoms with Crippen LogP contribution in [-0.2, 0) is 14.8 Å². The van der Waals surface area contributed by atoms with Crippen LogP contribution >= 0.6 is 0 Å². The van der Waals surface area contributed by atoms with Crippen LogP contribution < -0.4 is 15.2 Å². The molecule has 1 saturated carbocycles. The molecular weight excluding hydrogens is 292 g/mol. The van der Waals surface area contributed by atoms with Crippen molar-refractivity contribution in [3.63, 3.8) is 0 Å². The number of nitrogens with one attached hydrogen (secondary N) is 1. The summed E-state index contributed by atoms with van der Waals surface area (Å²) in [6.45, 7) is 5.08. The molecule has 0 spiro atoms. The van der Waals surface area contributed by atoms with Gasteiger partial charge < -0.3 is 10.1 Å². The van der Waals surface area contributed by atoms with Gasteiger partial charge in [-0.3, -0.25) is 4.79 Å². The van der Waals surface area contributed by atoms with Crippen LogP contribution in [0.3, 0.4) is 0 Å². The normalized spacial score (nSPS) is 14.9. The zero-order valence-corrected chi connectivity index (χ0v) is 13.2. The van der Waals surface area contributed by atoms with E-state index in [1.165, 1.54) is 6.07 Å². The highest BCUT2D eigenvalue weighted by Crippen LogP contribution is 2.30. The van der Waals surface area contributed by atoms with Crippen LogP contribution in [0.25, 0.3) is 0 Å². The van der Waals surface area contributed by atoms with E-state index < -0.39 is 10.0 Å². The Balaban J connectivity index is 2.20. The maximum Gasteiger partial charge on any atom is 0.258 e. The Kier molecular flexibility index (Phi) is 4.25. The van der Waals surface area contributed by atoms with Gasteiger partial charge in [0, 0.05) is 6.04 Å². The molecule has 0 heterocycles. The second-order valence-corrected chi connectivity index (χ2v) is 6.98. The summed E-state index contributed by atoms with van der Waals surface area (Å²) in [5, 5.41) is 8.03. The molecule has 0 bridgehead atoms. The third-order valence-electron chi connectivity index (χ3n) is 3.58. The quantitative estimate of drug-likeness (QED) is 0.844. The van der Waals surface area contributed by atoms with Crippen LogP contribution in [-0.4, -0.2) is 27.0 Å². The number of carbonyl (C=O) groups is 1. The fourth-order valence-corrected chi connectivity index (χ4v) is 3.09. The van der Waals surface area contributed by atoms with Crippen LogP contribution in [0, 0.1) is 20.8 Å². The van der Waals surface area contributed by atoms with Gasteiger partial charge in [-0.1, -0.05) is 0 Å². The van der Waals surface area contributed by atoms with Crippen molar-refractivity contribution in [2.75, 3.05) is 6.61 Å². The average Bonchev–Trinajstić information content (AvgIpc) is 3.16. The van der Waals surface area contributed by atoms with E-state index in [4.69, 9.17) is 9.88 Å². The van der Waals surface area contributed by atoms with Gasteiger partial charge in [-0.2, -0.15) is 0 Å². The molecule has 1 aliphatic rings. The van der Waals surface area contributed by atoms with Crippen molar-refractivity contribution in [1.29, 1.82) is 0 Å². The maximum atomic E-state index is 11.6. The molecule has 6 nitrogen and oxygen atoms in total. The number of hydrogen-bond acceptors (Lipinski definition) is 4. The standard InChI is InChI=1S/C14H20N2O4S/c1-8-6-12(21(15,18)19)9(2)10(3)14(8)20-7-13(17)16-11-4-5-11/h6,11H,4-5,7H2,1-3H3,(H,16,17)(H2,15,18,19). The van der Waals surface area contributed by atoms with E-state index in [0.717, 1.165) is 12.8 Å². The smallest absolute Gasteiger partial charge is 0.258 e. The number of carbonyl (C=O) groups excluding carboxylic acids is 1. The van der Waals surface area contributed by atoms with Gasteiger partial charge in [0.15, 0.2) is 6.61 Å². The van der Waals surface area contributed by atoms with E-state index in [9.17, 15) is 13.2 Å². The molecule has 2 rings (SSSR count). The molecule has 21 heavy (non-hydrogen) atoms. The molecule has 0 atom stereocenters. The Morgan fingerprint density at radius 1 is 1.33 bits per heavy atom. The molecule has 1 aromatic carbocycles. The van der Waals surface area contributed by atoms with Crippen molar-refractivity contribution in [2.45, 2.75) is 44.6 Å². The number of hydrogen-bond donors (Lipinski definition) is 2. The zero-order valence-electron chi connectivity index (χ0n) is 12.4. The molecule has 0 saturated heterocycles. The molecule has 0 aromatic heterocycles. The molecule has 7 heteroatoms. The molecule has 0 radical (unpaired) electrons. The lowest BCUT2D eigenvalue weighted by Gasteiger charge is -2.16. The molecule has 3 N–H and O–H groups in total. The first kappa shape index (κ1) is 15.8. The SMILES string of the molecule is Cc1cc(S(N)(=O)=O)c(C)c(C)c1OCC(=O)NC1CC1. The minimum atomic E-state index is -3.77. The fourth-order valence-electron chi connectivity index (χ4n) is 2.17. The number of ether oxygens (including phenoxy) is 1. The van der Waals surface area contributed by atoms with Gasteiger partial charge in [0.1, 0.15) is 5.75 Å². The Morgan fingerprint density at radius 3 is 2.48 bits per heavy atom. The summed E-state index contributed by atoms with van der Waals surface area (Å²) in [6, 6.07) is 1.76. The molecule has 116 valence electrons. The highest BCUT2D eigenvalue weighted by molar-refractivity contribution is 7.89. The van der Waals surface area contributed by atoms with E-state index >= 15 is 0 Å². The van der Waals surface area contributed by atoms with Crippen LogP contribution in [0.2, 0.25) is 0 Å². The lowest BCUT2D eigenvalue weighted by Crippen LogP contribution is -2.30. The van der Waals surface area contributed by atoms with E-state index in [2.05, 4.69) is 5.32 Å². The fraction of sp³-hybridized carbons (Fsp3) is 0.500. The van der Waals surface area contributed by atoms with Gasteiger partial charge in [0.2, 0.25) is 10.0 Å². The van der Waals surface area contributed by atoms with Crippen LogP contribution in [0.5, 0.6) is 5.75 Å². The van der Waals surface area contributed by atoms with E-state index in [-0.39, 0.29) is 23.5 Å². The maximum absolute atomic E-state index is 11.6. The summed E-state index contributed by atoms with van der Waals surface area (Å²) in [5.74, 6) is 0.371. The number of aryl methyl sites for hydroxylation is 1. The number of primary sulfonamides is 1. The predicted octanol–water partition coefficient (Wildman–Crippen LogP) is 0.917. The number of nitrogens with two attached hydrogens (primary N) is 1. The van der Waals surface area contributed by atoms with Crippen LogP contribution in [0.1, 0.15) is 29.5 Å². The molecule has 0 unspecified atom stereocenters. The monoisotopic (exact) mass is 312 g/mol. The second kappa shape index (κ2) is 5.65. The Morgan fingerprint density at radius 2 is 1.95 bits per heavy atom. The van der Waals surface area contributed by atoms with Gasteiger partial charge >= 0.3 is 0 Å². The van der Waals surface area contributed by atoms with Crippen molar-refractivity contribution in [1.82, 2.24) is 5.32 Å². The number of benzene rings is 1. The van der Waals surface area contributed by atoms with Gasteiger partial charge in [-0.05, 0) is 56.4 Å². The molecule has 1 aromatic rings. The Bertz CT molecular complexity index is 679. The highest BCUT2D eigenvalue weighted by atomic mass is 32.2. The molecule has 1 amide bonds. The van der Waals surface area contributed by atoms with Crippen molar-refractivity contribution in [2.24, 2.45) is 5.14 Å².